The van der Waals surface area contributed by atoms with Crippen molar-refractivity contribution in [2.45, 2.75) is 0 Å². The van der Waals surface area contributed by atoms with Crippen LogP contribution < -0.4 is 0 Å². The summed E-state index contributed by atoms with van der Waals surface area (Å²) in [5, 5.41) is 13.7. The minimum Gasteiger partial charge on any atom is -0.0616 e. The highest BCUT2D eigenvalue weighted by molar-refractivity contribution is 6.37. The molecule has 154 valence electrons. The molecule has 0 radical (unpaired) electrons. The monoisotopic (exact) mass is 426 g/mol. The molecule has 0 heteroatoms. The topological polar surface area (TPSA) is 0 Å². The SMILES string of the molecule is C1=Cc2ccc3c4ccc5c6c(ccc(c7ccc1c2c73)c64)C=C5c1cccc2ccccc12. The zero-order valence-corrected chi connectivity index (χ0v) is 18.4. The number of hydrogen-bond acceptors (Lipinski definition) is 0. The van der Waals surface area contributed by atoms with Gasteiger partial charge in [-0.25, -0.2) is 0 Å². The Labute approximate surface area is 196 Å². The highest BCUT2D eigenvalue weighted by atomic mass is 14.3. The third-order valence-corrected chi connectivity index (χ3v) is 8.11. The Morgan fingerprint density at radius 2 is 0.971 bits per heavy atom. The van der Waals surface area contributed by atoms with E-state index in [9.17, 15) is 0 Å². The molecule has 0 saturated heterocycles. The van der Waals surface area contributed by atoms with Gasteiger partial charge in [0.25, 0.3) is 0 Å². The van der Waals surface area contributed by atoms with E-state index in [-0.39, 0.29) is 0 Å². The molecule has 2 aliphatic carbocycles. The summed E-state index contributed by atoms with van der Waals surface area (Å²) in [6, 6.07) is 34.0. The van der Waals surface area contributed by atoms with Crippen LogP contribution in [0.15, 0.2) is 91.0 Å². The van der Waals surface area contributed by atoms with Crippen LogP contribution in [0.3, 0.4) is 0 Å². The van der Waals surface area contributed by atoms with Crippen molar-refractivity contribution in [3.8, 4) is 0 Å². The van der Waals surface area contributed by atoms with Crippen LogP contribution in [0.25, 0.3) is 77.7 Å². The second-order valence-corrected chi connectivity index (χ2v) is 9.69. The molecule has 0 fully saturated rings. The fourth-order valence-corrected chi connectivity index (χ4v) is 6.69. The van der Waals surface area contributed by atoms with Gasteiger partial charge in [0.15, 0.2) is 0 Å². The third-order valence-electron chi connectivity index (χ3n) is 8.11. The fourth-order valence-electron chi connectivity index (χ4n) is 6.69. The van der Waals surface area contributed by atoms with Gasteiger partial charge in [-0.3, -0.25) is 0 Å². The maximum absolute atomic E-state index is 2.40. The van der Waals surface area contributed by atoms with E-state index in [1.54, 1.807) is 0 Å². The molecule has 0 N–H and O–H groups in total. The first-order chi connectivity index (χ1) is 16.9. The van der Waals surface area contributed by atoms with Crippen LogP contribution in [0.1, 0.15) is 27.8 Å². The summed E-state index contributed by atoms with van der Waals surface area (Å²) in [5.74, 6) is 0. The summed E-state index contributed by atoms with van der Waals surface area (Å²) in [6.45, 7) is 0. The standard InChI is InChI=1S/C34H18/c1-2-6-23-19(4-1)5-3-7-24(23)30-18-22-12-15-27-25-13-10-20-8-9-21-11-14-26(33(25)31(20)21)28-16-17-29(30)32(22)34(27)28/h1-18H. The zero-order valence-electron chi connectivity index (χ0n) is 18.4. The lowest BCUT2D eigenvalue weighted by Crippen LogP contribution is -1.91. The molecule has 0 unspecified atom stereocenters. The highest BCUT2D eigenvalue weighted by Crippen LogP contribution is 2.49. The smallest absolute Gasteiger partial charge is 0.00141 e. The predicted molar refractivity (Wildman–Crippen MR) is 148 cm³/mol. The Hall–Kier alpha value is -4.42. The molecule has 7 aromatic carbocycles. The van der Waals surface area contributed by atoms with Gasteiger partial charge in [0.05, 0.1) is 0 Å². The first kappa shape index (κ1) is 17.1. The molecule has 0 nitrogen and oxygen atoms in total. The van der Waals surface area contributed by atoms with Crippen molar-refractivity contribution >= 4 is 77.7 Å². The highest BCUT2D eigenvalue weighted by Gasteiger charge is 2.24. The first-order valence-corrected chi connectivity index (χ1v) is 12.0. The van der Waals surface area contributed by atoms with Crippen LogP contribution in [0, 0.1) is 0 Å². The summed E-state index contributed by atoms with van der Waals surface area (Å²) in [6.07, 6.45) is 6.91. The van der Waals surface area contributed by atoms with Crippen molar-refractivity contribution < 1.29 is 0 Å². The first-order valence-electron chi connectivity index (χ1n) is 12.0. The van der Waals surface area contributed by atoms with E-state index in [0.29, 0.717) is 0 Å². The largest absolute Gasteiger partial charge is 0.0616 e. The Balaban J connectivity index is 1.44. The van der Waals surface area contributed by atoms with E-state index in [2.05, 4.69) is 109 Å². The normalized spacial score (nSPS) is 13.9. The van der Waals surface area contributed by atoms with Gasteiger partial charge in [-0.1, -0.05) is 103 Å². The second-order valence-electron chi connectivity index (χ2n) is 9.69. The maximum Gasteiger partial charge on any atom is -0.00141 e. The molecule has 34 heavy (non-hydrogen) atoms. The van der Waals surface area contributed by atoms with Gasteiger partial charge in [0, 0.05) is 0 Å². The zero-order chi connectivity index (χ0) is 22.0. The van der Waals surface area contributed by atoms with E-state index >= 15 is 0 Å². The van der Waals surface area contributed by atoms with Crippen molar-refractivity contribution in [3.63, 3.8) is 0 Å². The molecule has 0 amide bonds. The van der Waals surface area contributed by atoms with Crippen LogP contribution in [0.4, 0.5) is 0 Å². The summed E-state index contributed by atoms with van der Waals surface area (Å²) in [4.78, 5) is 0. The van der Waals surface area contributed by atoms with Crippen LogP contribution in [0.5, 0.6) is 0 Å². The van der Waals surface area contributed by atoms with E-state index in [0.717, 1.165) is 0 Å². The van der Waals surface area contributed by atoms with Crippen molar-refractivity contribution in [1.29, 1.82) is 0 Å². The number of fused-ring (bicyclic) bond motifs is 3. The lowest BCUT2D eigenvalue weighted by atomic mass is 9.86. The van der Waals surface area contributed by atoms with E-state index in [1.165, 1.54) is 87.3 Å². The quantitative estimate of drug-likeness (QED) is 0.181. The minimum atomic E-state index is 1.29. The number of benzene rings is 7. The van der Waals surface area contributed by atoms with Crippen LogP contribution in [-0.2, 0) is 0 Å². The Morgan fingerprint density at radius 3 is 1.74 bits per heavy atom. The van der Waals surface area contributed by atoms with Crippen LogP contribution in [-0.4, -0.2) is 0 Å². The Morgan fingerprint density at radius 1 is 0.353 bits per heavy atom. The van der Waals surface area contributed by atoms with Crippen molar-refractivity contribution in [2.24, 2.45) is 0 Å². The van der Waals surface area contributed by atoms with Gasteiger partial charge < -0.3 is 0 Å². The molecule has 2 aliphatic rings. The van der Waals surface area contributed by atoms with Gasteiger partial charge in [-0.2, -0.15) is 0 Å². The predicted octanol–water partition coefficient (Wildman–Crippen LogP) is 9.28. The van der Waals surface area contributed by atoms with Gasteiger partial charge in [0.1, 0.15) is 0 Å². The molecule has 0 heterocycles. The van der Waals surface area contributed by atoms with Crippen molar-refractivity contribution in [2.75, 3.05) is 0 Å². The van der Waals surface area contributed by atoms with Crippen molar-refractivity contribution in [3.05, 3.63) is 119 Å². The molecule has 0 atom stereocenters. The molecule has 0 aromatic heterocycles. The fraction of sp³-hybridized carbons (Fsp3) is 0. The summed E-state index contributed by atoms with van der Waals surface area (Å²) < 4.78 is 0. The second kappa shape index (κ2) is 5.73. The molecule has 9 rings (SSSR count). The lowest BCUT2D eigenvalue weighted by Gasteiger charge is -2.17. The minimum absolute atomic E-state index is 1.29. The van der Waals surface area contributed by atoms with E-state index < -0.39 is 0 Å². The molecule has 7 aromatic rings. The summed E-state index contributed by atoms with van der Waals surface area (Å²) in [7, 11) is 0. The van der Waals surface area contributed by atoms with E-state index in [1.807, 2.05) is 0 Å². The maximum atomic E-state index is 2.40. The van der Waals surface area contributed by atoms with Gasteiger partial charge in [-0.15, -0.1) is 0 Å². The van der Waals surface area contributed by atoms with Crippen LogP contribution in [0.2, 0.25) is 0 Å². The third kappa shape index (κ3) is 1.89. The Bertz CT molecular complexity index is 2030. The Kier molecular flexibility index (Phi) is 2.88. The average molecular weight is 427 g/mol. The summed E-state index contributed by atoms with van der Waals surface area (Å²) in [5.41, 5.74) is 8.01. The van der Waals surface area contributed by atoms with Gasteiger partial charge in [0.2, 0.25) is 0 Å². The average Bonchev–Trinajstić information content (AvgIpc) is 3.49. The molecular weight excluding hydrogens is 408 g/mol. The molecule has 0 saturated carbocycles. The lowest BCUT2D eigenvalue weighted by molar-refractivity contribution is 1.66. The number of rotatable bonds is 1. The summed E-state index contributed by atoms with van der Waals surface area (Å²) >= 11 is 0. The van der Waals surface area contributed by atoms with E-state index in [4.69, 9.17) is 0 Å². The van der Waals surface area contributed by atoms with Gasteiger partial charge >= 0.3 is 0 Å². The number of hydrogen-bond donors (Lipinski definition) is 0. The molecule has 0 bridgehead atoms. The van der Waals surface area contributed by atoms with Crippen LogP contribution >= 0.6 is 0 Å². The molecular formula is C34H18. The van der Waals surface area contributed by atoms with Crippen molar-refractivity contribution in [1.82, 2.24) is 0 Å². The molecule has 0 spiro atoms. The van der Waals surface area contributed by atoms with Gasteiger partial charge in [-0.05, 0) is 93.3 Å². The molecule has 0 aliphatic heterocycles.